The number of hydrogen-bond acceptors (Lipinski definition) is 3. The minimum atomic E-state index is 0.323. The number of pyridine rings is 1. The summed E-state index contributed by atoms with van der Waals surface area (Å²) in [7, 11) is 0. The van der Waals surface area contributed by atoms with E-state index < -0.39 is 0 Å². The number of rotatable bonds is 4. The van der Waals surface area contributed by atoms with Crippen molar-refractivity contribution < 1.29 is 4.79 Å². The van der Waals surface area contributed by atoms with Gasteiger partial charge in [0.25, 0.3) is 0 Å². The Kier molecular flexibility index (Phi) is 5.39. The number of amides is 1. The normalized spacial score (nSPS) is 26.4. The highest BCUT2D eigenvalue weighted by atomic mass is 16.2. The zero-order valence-corrected chi connectivity index (χ0v) is 15.8. The van der Waals surface area contributed by atoms with Gasteiger partial charge in [0.15, 0.2) is 0 Å². The Morgan fingerprint density at radius 2 is 1.92 bits per heavy atom. The van der Waals surface area contributed by atoms with Crippen LogP contribution in [0.1, 0.15) is 50.5 Å². The third kappa shape index (κ3) is 4.17. The van der Waals surface area contributed by atoms with Crippen LogP contribution in [0.3, 0.4) is 0 Å². The van der Waals surface area contributed by atoms with Gasteiger partial charge < -0.3 is 9.80 Å². The van der Waals surface area contributed by atoms with E-state index in [9.17, 15) is 4.79 Å². The summed E-state index contributed by atoms with van der Waals surface area (Å²) in [6, 6.07) is 4.05. The van der Waals surface area contributed by atoms with Crippen LogP contribution in [0, 0.1) is 11.3 Å². The second-order valence-corrected chi connectivity index (χ2v) is 8.56. The molecular weight excluding hydrogens is 322 g/mol. The van der Waals surface area contributed by atoms with E-state index in [0.29, 0.717) is 11.3 Å². The van der Waals surface area contributed by atoms with Crippen molar-refractivity contribution in [3.05, 3.63) is 42.2 Å². The molecule has 0 radical (unpaired) electrons. The first-order valence-corrected chi connectivity index (χ1v) is 10.3. The number of allylic oxidation sites excluding steroid dienone is 2. The predicted molar refractivity (Wildman–Crippen MR) is 103 cm³/mol. The SMILES string of the molecule is O=C1CCC2(CCN(C[C@H]3CC=CCC3)CC2)CN1Cc1ccncc1. The van der Waals surface area contributed by atoms with Gasteiger partial charge in [-0.15, -0.1) is 0 Å². The van der Waals surface area contributed by atoms with Crippen molar-refractivity contribution >= 4 is 5.91 Å². The van der Waals surface area contributed by atoms with E-state index in [-0.39, 0.29) is 0 Å². The first-order chi connectivity index (χ1) is 12.7. The summed E-state index contributed by atoms with van der Waals surface area (Å²) >= 11 is 0. The second kappa shape index (κ2) is 7.91. The molecule has 0 unspecified atom stereocenters. The summed E-state index contributed by atoms with van der Waals surface area (Å²) in [5.74, 6) is 1.18. The lowest BCUT2D eigenvalue weighted by Gasteiger charge is -2.48. The first kappa shape index (κ1) is 17.7. The zero-order chi connectivity index (χ0) is 17.8. The van der Waals surface area contributed by atoms with Gasteiger partial charge in [0.2, 0.25) is 5.91 Å². The van der Waals surface area contributed by atoms with Gasteiger partial charge in [-0.25, -0.2) is 0 Å². The number of hydrogen-bond donors (Lipinski definition) is 0. The van der Waals surface area contributed by atoms with Crippen LogP contribution in [0.25, 0.3) is 0 Å². The Hall–Kier alpha value is -1.68. The molecule has 1 aromatic heterocycles. The molecule has 4 heteroatoms. The maximum atomic E-state index is 12.4. The molecule has 4 nitrogen and oxygen atoms in total. The predicted octanol–water partition coefficient (Wildman–Crippen LogP) is 3.64. The van der Waals surface area contributed by atoms with Crippen LogP contribution in [-0.4, -0.2) is 46.9 Å². The molecule has 0 saturated carbocycles. The Balaban J connectivity index is 1.32. The highest BCUT2D eigenvalue weighted by molar-refractivity contribution is 5.77. The molecule has 26 heavy (non-hydrogen) atoms. The van der Waals surface area contributed by atoms with E-state index in [1.54, 1.807) is 0 Å². The van der Waals surface area contributed by atoms with Gasteiger partial charge in [-0.2, -0.15) is 0 Å². The van der Waals surface area contributed by atoms with Crippen LogP contribution in [0.15, 0.2) is 36.7 Å². The number of carbonyl (C=O) groups excluding carboxylic acids is 1. The van der Waals surface area contributed by atoms with Gasteiger partial charge >= 0.3 is 0 Å². The third-order valence-corrected chi connectivity index (χ3v) is 6.68. The van der Waals surface area contributed by atoms with Crippen molar-refractivity contribution in [2.24, 2.45) is 11.3 Å². The van der Waals surface area contributed by atoms with Gasteiger partial charge in [0, 0.05) is 38.4 Å². The van der Waals surface area contributed by atoms with Crippen molar-refractivity contribution in [3.63, 3.8) is 0 Å². The van der Waals surface area contributed by atoms with Gasteiger partial charge in [-0.05, 0) is 80.6 Å². The van der Waals surface area contributed by atoms with E-state index in [2.05, 4.69) is 26.9 Å². The monoisotopic (exact) mass is 353 g/mol. The van der Waals surface area contributed by atoms with Crippen LogP contribution in [0.4, 0.5) is 0 Å². The summed E-state index contributed by atoms with van der Waals surface area (Å²) < 4.78 is 0. The molecule has 2 saturated heterocycles. The van der Waals surface area contributed by atoms with Crippen molar-refractivity contribution in [3.8, 4) is 0 Å². The molecule has 0 N–H and O–H groups in total. The lowest BCUT2D eigenvalue weighted by atomic mass is 9.72. The Bertz CT molecular complexity index is 634. The number of piperidine rings is 2. The highest BCUT2D eigenvalue weighted by Gasteiger charge is 2.41. The maximum Gasteiger partial charge on any atom is 0.222 e. The molecule has 140 valence electrons. The van der Waals surface area contributed by atoms with Gasteiger partial charge in [-0.1, -0.05) is 12.2 Å². The van der Waals surface area contributed by atoms with Gasteiger partial charge in [0.1, 0.15) is 0 Å². The molecule has 4 rings (SSSR count). The number of aromatic nitrogens is 1. The molecule has 1 spiro atoms. The van der Waals surface area contributed by atoms with Crippen LogP contribution >= 0.6 is 0 Å². The Morgan fingerprint density at radius 3 is 2.65 bits per heavy atom. The second-order valence-electron chi connectivity index (χ2n) is 8.56. The molecule has 0 bridgehead atoms. The smallest absolute Gasteiger partial charge is 0.222 e. The third-order valence-electron chi connectivity index (χ3n) is 6.68. The summed E-state index contributed by atoms with van der Waals surface area (Å²) in [4.78, 5) is 21.3. The minimum absolute atomic E-state index is 0.323. The summed E-state index contributed by atoms with van der Waals surface area (Å²) in [6.45, 7) is 5.35. The lowest BCUT2D eigenvalue weighted by Crippen LogP contribution is -2.51. The molecule has 1 atom stereocenters. The fourth-order valence-corrected chi connectivity index (χ4v) is 4.96. The maximum absolute atomic E-state index is 12.4. The molecule has 2 fully saturated rings. The van der Waals surface area contributed by atoms with Crippen molar-refractivity contribution in [1.82, 2.24) is 14.8 Å². The lowest BCUT2D eigenvalue weighted by molar-refractivity contribution is -0.140. The van der Waals surface area contributed by atoms with Gasteiger partial charge in [-0.3, -0.25) is 9.78 Å². The average Bonchev–Trinajstić information content (AvgIpc) is 2.69. The van der Waals surface area contributed by atoms with Crippen molar-refractivity contribution in [1.29, 1.82) is 0 Å². The number of carbonyl (C=O) groups is 1. The highest BCUT2D eigenvalue weighted by Crippen LogP contribution is 2.41. The molecule has 3 aliphatic rings. The Morgan fingerprint density at radius 1 is 1.12 bits per heavy atom. The average molecular weight is 354 g/mol. The number of likely N-dealkylation sites (tertiary alicyclic amines) is 2. The summed E-state index contributed by atoms with van der Waals surface area (Å²) in [6.07, 6.45) is 16.5. The van der Waals surface area contributed by atoms with Crippen LogP contribution < -0.4 is 0 Å². The standard InChI is InChI=1S/C22H31N3O/c26-21-6-9-22(18-25(21)17-20-7-12-23-13-8-20)10-14-24(15-11-22)16-19-4-2-1-3-5-19/h1-2,7-8,12-13,19H,3-6,9-11,14-18H2/t19-/m0/s1. The summed E-state index contributed by atoms with van der Waals surface area (Å²) in [5, 5.41) is 0. The fourth-order valence-electron chi connectivity index (χ4n) is 4.96. The van der Waals surface area contributed by atoms with Crippen molar-refractivity contribution in [2.75, 3.05) is 26.2 Å². The van der Waals surface area contributed by atoms with Gasteiger partial charge in [0.05, 0.1) is 0 Å². The quantitative estimate of drug-likeness (QED) is 0.776. The molecule has 2 aliphatic heterocycles. The molecule has 0 aromatic carbocycles. The van der Waals surface area contributed by atoms with E-state index in [1.165, 1.54) is 57.3 Å². The fraction of sp³-hybridized carbons (Fsp3) is 0.636. The largest absolute Gasteiger partial charge is 0.338 e. The van der Waals surface area contributed by atoms with Crippen LogP contribution in [-0.2, 0) is 11.3 Å². The molecule has 3 heterocycles. The van der Waals surface area contributed by atoms with Crippen LogP contribution in [0.2, 0.25) is 0 Å². The van der Waals surface area contributed by atoms with Crippen molar-refractivity contribution in [2.45, 2.75) is 51.5 Å². The van der Waals surface area contributed by atoms with E-state index in [0.717, 1.165) is 31.8 Å². The minimum Gasteiger partial charge on any atom is -0.338 e. The van der Waals surface area contributed by atoms with E-state index >= 15 is 0 Å². The number of nitrogens with zero attached hydrogens (tertiary/aromatic N) is 3. The molecular formula is C22H31N3O. The van der Waals surface area contributed by atoms with E-state index in [1.807, 2.05) is 24.5 Å². The topological polar surface area (TPSA) is 36.4 Å². The zero-order valence-electron chi connectivity index (χ0n) is 15.8. The Labute approximate surface area is 157 Å². The first-order valence-electron chi connectivity index (χ1n) is 10.3. The molecule has 1 amide bonds. The van der Waals surface area contributed by atoms with Crippen LogP contribution in [0.5, 0.6) is 0 Å². The molecule has 1 aliphatic carbocycles. The van der Waals surface area contributed by atoms with E-state index in [4.69, 9.17) is 0 Å². The summed E-state index contributed by atoms with van der Waals surface area (Å²) in [5.41, 5.74) is 1.54. The molecule has 1 aromatic rings.